The van der Waals surface area contributed by atoms with E-state index in [1.807, 2.05) is 0 Å². The highest BCUT2D eigenvalue weighted by Crippen LogP contribution is 2.23. The standard InChI is InChI=1S/C9H7F3N2O3/c10-9(11,12)6(15)4-7-13-8(14-17-7)5-2-1-3-16-5/h1-3,6,15H,4H2. The molecule has 0 amide bonds. The van der Waals surface area contributed by atoms with Gasteiger partial charge in [0, 0.05) is 0 Å². The fourth-order valence-corrected chi connectivity index (χ4v) is 1.12. The highest BCUT2D eigenvalue weighted by Gasteiger charge is 2.39. The Labute approximate surface area is 92.9 Å². The van der Waals surface area contributed by atoms with E-state index in [0.29, 0.717) is 0 Å². The first kappa shape index (κ1) is 11.6. The van der Waals surface area contributed by atoms with Crippen molar-refractivity contribution >= 4 is 0 Å². The third-order valence-corrected chi connectivity index (χ3v) is 1.96. The Balaban J connectivity index is 2.09. The molecule has 1 N–H and O–H groups in total. The Kier molecular flexibility index (Phi) is 2.88. The van der Waals surface area contributed by atoms with Gasteiger partial charge in [-0.25, -0.2) is 0 Å². The van der Waals surface area contributed by atoms with Crippen LogP contribution in [-0.4, -0.2) is 27.5 Å². The molecule has 0 fully saturated rings. The van der Waals surface area contributed by atoms with Crippen molar-refractivity contribution in [1.29, 1.82) is 0 Å². The van der Waals surface area contributed by atoms with Gasteiger partial charge in [0.25, 0.3) is 0 Å². The van der Waals surface area contributed by atoms with Crippen molar-refractivity contribution in [1.82, 2.24) is 10.1 Å². The summed E-state index contributed by atoms with van der Waals surface area (Å²) in [7, 11) is 0. The van der Waals surface area contributed by atoms with Crippen molar-refractivity contribution in [2.75, 3.05) is 0 Å². The molecule has 1 unspecified atom stereocenters. The Hall–Kier alpha value is -1.83. The number of alkyl halides is 3. The highest BCUT2D eigenvalue weighted by atomic mass is 19.4. The molecule has 8 heteroatoms. The van der Waals surface area contributed by atoms with Crippen molar-refractivity contribution in [3.63, 3.8) is 0 Å². The van der Waals surface area contributed by atoms with Crippen molar-refractivity contribution in [2.45, 2.75) is 18.7 Å². The van der Waals surface area contributed by atoms with Crippen LogP contribution in [0.4, 0.5) is 13.2 Å². The Morgan fingerprint density at radius 3 is 2.76 bits per heavy atom. The predicted molar refractivity (Wildman–Crippen MR) is 47.8 cm³/mol. The van der Waals surface area contributed by atoms with E-state index in [4.69, 9.17) is 9.52 Å². The van der Waals surface area contributed by atoms with E-state index >= 15 is 0 Å². The lowest BCUT2D eigenvalue weighted by Crippen LogP contribution is -2.30. The maximum absolute atomic E-state index is 12.1. The zero-order chi connectivity index (χ0) is 12.5. The Morgan fingerprint density at radius 2 is 2.18 bits per heavy atom. The van der Waals surface area contributed by atoms with Crippen LogP contribution in [0, 0.1) is 0 Å². The summed E-state index contributed by atoms with van der Waals surface area (Å²) in [6, 6.07) is 3.12. The summed E-state index contributed by atoms with van der Waals surface area (Å²) < 4.78 is 45.7. The molecule has 0 aliphatic rings. The minimum Gasteiger partial charge on any atom is -0.461 e. The summed E-state index contributed by atoms with van der Waals surface area (Å²) in [5.74, 6) is 0.0158. The van der Waals surface area contributed by atoms with Crippen molar-refractivity contribution in [2.24, 2.45) is 0 Å². The summed E-state index contributed by atoms with van der Waals surface area (Å²) in [5, 5.41) is 12.2. The number of aliphatic hydroxyl groups excluding tert-OH is 1. The van der Waals surface area contributed by atoms with E-state index in [0.717, 1.165) is 0 Å². The van der Waals surface area contributed by atoms with Gasteiger partial charge in [0.2, 0.25) is 11.7 Å². The SMILES string of the molecule is OC(Cc1nc(-c2ccco2)no1)C(F)(F)F. The number of hydrogen-bond donors (Lipinski definition) is 1. The number of aromatic nitrogens is 2. The van der Waals surface area contributed by atoms with Crippen molar-refractivity contribution in [3.8, 4) is 11.6 Å². The fraction of sp³-hybridized carbons (Fsp3) is 0.333. The predicted octanol–water partition coefficient (Wildman–Crippen LogP) is 1.80. The summed E-state index contributed by atoms with van der Waals surface area (Å²) in [6.45, 7) is 0. The first-order valence-electron chi connectivity index (χ1n) is 4.58. The molecule has 5 nitrogen and oxygen atoms in total. The molecule has 0 saturated carbocycles. The molecule has 0 aliphatic heterocycles. The van der Waals surface area contributed by atoms with Gasteiger partial charge in [-0.3, -0.25) is 0 Å². The van der Waals surface area contributed by atoms with E-state index in [-0.39, 0.29) is 17.5 Å². The van der Waals surface area contributed by atoms with Crippen LogP contribution < -0.4 is 0 Å². The van der Waals surface area contributed by atoms with Gasteiger partial charge < -0.3 is 14.0 Å². The monoisotopic (exact) mass is 248 g/mol. The largest absolute Gasteiger partial charge is 0.461 e. The van der Waals surface area contributed by atoms with E-state index in [9.17, 15) is 13.2 Å². The number of aliphatic hydroxyl groups is 1. The Bertz CT molecular complexity index is 478. The molecule has 2 aromatic rings. The third kappa shape index (κ3) is 2.64. The van der Waals surface area contributed by atoms with Gasteiger partial charge >= 0.3 is 6.18 Å². The van der Waals surface area contributed by atoms with Gasteiger partial charge in [-0.15, -0.1) is 0 Å². The average Bonchev–Trinajstić information content (AvgIpc) is 2.83. The van der Waals surface area contributed by atoms with Gasteiger partial charge in [0.1, 0.15) is 0 Å². The topological polar surface area (TPSA) is 72.3 Å². The summed E-state index contributed by atoms with van der Waals surface area (Å²) in [4.78, 5) is 3.67. The van der Waals surface area contributed by atoms with Gasteiger partial charge in [-0.05, 0) is 12.1 Å². The second-order valence-electron chi connectivity index (χ2n) is 3.25. The van der Waals surface area contributed by atoms with Gasteiger partial charge in [0.05, 0.1) is 12.7 Å². The minimum absolute atomic E-state index is 0.0411. The van der Waals surface area contributed by atoms with Crippen LogP contribution in [0.25, 0.3) is 11.6 Å². The second-order valence-corrected chi connectivity index (χ2v) is 3.25. The number of hydrogen-bond acceptors (Lipinski definition) is 5. The fourth-order valence-electron chi connectivity index (χ4n) is 1.12. The third-order valence-electron chi connectivity index (χ3n) is 1.96. The van der Waals surface area contributed by atoms with Crippen LogP contribution in [0.3, 0.4) is 0 Å². The zero-order valence-corrected chi connectivity index (χ0v) is 8.31. The molecular weight excluding hydrogens is 241 g/mol. The first-order valence-corrected chi connectivity index (χ1v) is 4.58. The van der Waals surface area contributed by atoms with E-state index < -0.39 is 18.7 Å². The lowest BCUT2D eigenvalue weighted by molar-refractivity contribution is -0.204. The highest BCUT2D eigenvalue weighted by molar-refractivity contribution is 5.44. The Morgan fingerprint density at radius 1 is 1.41 bits per heavy atom. The van der Waals surface area contributed by atoms with Crippen LogP contribution >= 0.6 is 0 Å². The quantitative estimate of drug-likeness (QED) is 0.896. The molecule has 0 aliphatic carbocycles. The van der Waals surface area contributed by atoms with E-state index in [2.05, 4.69) is 14.7 Å². The molecular formula is C9H7F3N2O3. The van der Waals surface area contributed by atoms with Gasteiger partial charge in [-0.2, -0.15) is 18.2 Å². The maximum Gasteiger partial charge on any atom is 0.414 e. The summed E-state index contributed by atoms with van der Waals surface area (Å²) >= 11 is 0. The molecule has 2 heterocycles. The van der Waals surface area contributed by atoms with E-state index in [1.165, 1.54) is 12.3 Å². The molecule has 0 bridgehead atoms. The second kappa shape index (κ2) is 4.21. The van der Waals surface area contributed by atoms with Crippen LogP contribution in [0.2, 0.25) is 0 Å². The zero-order valence-electron chi connectivity index (χ0n) is 8.31. The smallest absolute Gasteiger partial charge is 0.414 e. The molecule has 92 valence electrons. The van der Waals surface area contributed by atoms with Crippen LogP contribution in [0.15, 0.2) is 27.3 Å². The molecule has 17 heavy (non-hydrogen) atoms. The molecule has 0 aromatic carbocycles. The number of halogens is 3. The average molecular weight is 248 g/mol. The normalized spacial score (nSPS) is 13.9. The van der Waals surface area contributed by atoms with Crippen LogP contribution in [0.5, 0.6) is 0 Å². The van der Waals surface area contributed by atoms with Crippen LogP contribution in [0.1, 0.15) is 5.89 Å². The van der Waals surface area contributed by atoms with Crippen molar-refractivity contribution < 1.29 is 27.2 Å². The molecule has 0 saturated heterocycles. The van der Waals surface area contributed by atoms with Gasteiger partial charge in [0.15, 0.2) is 11.9 Å². The van der Waals surface area contributed by atoms with E-state index in [1.54, 1.807) is 6.07 Å². The molecule has 0 radical (unpaired) electrons. The lowest BCUT2D eigenvalue weighted by atomic mass is 10.2. The van der Waals surface area contributed by atoms with Gasteiger partial charge in [-0.1, -0.05) is 5.16 Å². The number of nitrogens with zero attached hydrogens (tertiary/aromatic N) is 2. The molecule has 1 atom stereocenters. The maximum atomic E-state index is 12.1. The van der Waals surface area contributed by atoms with Crippen LogP contribution in [-0.2, 0) is 6.42 Å². The summed E-state index contributed by atoms with van der Waals surface area (Å²) in [6.07, 6.45) is -6.64. The first-order chi connectivity index (χ1) is 7.97. The minimum atomic E-state index is -4.71. The lowest BCUT2D eigenvalue weighted by Gasteiger charge is -2.11. The number of furan rings is 1. The van der Waals surface area contributed by atoms with Crippen molar-refractivity contribution in [3.05, 3.63) is 24.3 Å². The molecule has 2 aromatic heterocycles. The molecule has 0 spiro atoms. The molecule has 2 rings (SSSR count). The number of rotatable bonds is 3. The summed E-state index contributed by atoms with van der Waals surface area (Å²) in [5.41, 5.74) is 0.